The lowest BCUT2D eigenvalue weighted by atomic mass is 10.2. The molecule has 18 heavy (non-hydrogen) atoms. The van der Waals surface area contributed by atoms with E-state index >= 15 is 0 Å². The molecule has 0 aromatic heterocycles. The molecular formula is C12H19ClN2O2S. The van der Waals surface area contributed by atoms with Crippen molar-refractivity contribution >= 4 is 22.4 Å². The number of rotatable bonds is 2. The minimum Gasteiger partial charge on any atom is -0.314 e. The Kier molecular flexibility index (Phi) is 5.16. The summed E-state index contributed by atoms with van der Waals surface area (Å²) in [5.41, 5.74) is 1.07. The van der Waals surface area contributed by atoms with Crippen molar-refractivity contribution < 1.29 is 8.42 Å². The molecule has 1 aromatic carbocycles. The molecule has 0 unspecified atom stereocenters. The highest BCUT2D eigenvalue weighted by Gasteiger charge is 2.30. The lowest BCUT2D eigenvalue weighted by Crippen LogP contribution is -2.52. The minimum absolute atomic E-state index is 0. The topological polar surface area (TPSA) is 49.4 Å². The lowest BCUT2D eigenvalue weighted by Gasteiger charge is -2.32. The third-order valence-corrected chi connectivity index (χ3v) is 5.10. The van der Waals surface area contributed by atoms with Crippen LogP contribution in [0.3, 0.4) is 0 Å². The molecule has 2 rings (SSSR count). The molecule has 6 heteroatoms. The van der Waals surface area contributed by atoms with Gasteiger partial charge in [-0.2, -0.15) is 4.31 Å². The zero-order chi connectivity index (χ0) is 12.5. The van der Waals surface area contributed by atoms with Crippen molar-refractivity contribution in [1.29, 1.82) is 0 Å². The van der Waals surface area contributed by atoms with Gasteiger partial charge in [0, 0.05) is 25.7 Å². The van der Waals surface area contributed by atoms with Crippen LogP contribution in [0, 0.1) is 6.92 Å². The highest BCUT2D eigenvalue weighted by Crippen LogP contribution is 2.19. The molecule has 1 N–H and O–H groups in total. The molecule has 0 radical (unpaired) electrons. The summed E-state index contributed by atoms with van der Waals surface area (Å²) in [6, 6.07) is 7.04. The van der Waals surface area contributed by atoms with Gasteiger partial charge in [0.25, 0.3) is 0 Å². The Labute approximate surface area is 115 Å². The van der Waals surface area contributed by atoms with E-state index in [1.165, 1.54) is 0 Å². The number of piperazine rings is 1. The predicted octanol–water partition coefficient (Wildman–Crippen LogP) is 1.40. The average Bonchev–Trinajstić information content (AvgIpc) is 2.30. The number of hydrogen-bond donors (Lipinski definition) is 1. The number of sulfonamides is 1. The predicted molar refractivity (Wildman–Crippen MR) is 74.7 cm³/mol. The molecule has 1 heterocycles. The van der Waals surface area contributed by atoms with Crippen molar-refractivity contribution in [2.24, 2.45) is 0 Å². The number of benzene rings is 1. The van der Waals surface area contributed by atoms with Gasteiger partial charge in [-0.15, -0.1) is 12.4 Å². The summed E-state index contributed by atoms with van der Waals surface area (Å²) in [6.07, 6.45) is 0. The Hall–Kier alpha value is -0.620. The van der Waals surface area contributed by atoms with Crippen LogP contribution >= 0.6 is 12.4 Å². The van der Waals surface area contributed by atoms with Gasteiger partial charge in [-0.25, -0.2) is 8.42 Å². The van der Waals surface area contributed by atoms with E-state index in [9.17, 15) is 8.42 Å². The summed E-state index contributed by atoms with van der Waals surface area (Å²) in [7, 11) is -3.33. The largest absolute Gasteiger partial charge is 0.314 e. The van der Waals surface area contributed by atoms with E-state index in [-0.39, 0.29) is 18.4 Å². The molecule has 1 saturated heterocycles. The molecule has 4 nitrogen and oxygen atoms in total. The number of nitrogens with zero attached hydrogens (tertiary/aromatic N) is 1. The molecule has 0 spiro atoms. The number of nitrogens with one attached hydrogen (secondary N) is 1. The van der Waals surface area contributed by atoms with Crippen molar-refractivity contribution in [3.63, 3.8) is 0 Å². The third-order valence-electron chi connectivity index (χ3n) is 3.07. The molecule has 0 bridgehead atoms. The zero-order valence-electron chi connectivity index (χ0n) is 10.6. The third kappa shape index (κ3) is 3.03. The van der Waals surface area contributed by atoms with E-state index in [4.69, 9.17) is 0 Å². The first-order chi connectivity index (χ1) is 8.01. The second kappa shape index (κ2) is 6.02. The van der Waals surface area contributed by atoms with Crippen molar-refractivity contribution in [2.75, 3.05) is 19.6 Å². The van der Waals surface area contributed by atoms with Gasteiger partial charge in [-0.1, -0.05) is 17.7 Å². The maximum Gasteiger partial charge on any atom is 0.243 e. The molecule has 1 aliphatic heterocycles. The molecule has 1 fully saturated rings. The Balaban J connectivity index is 0.00000162. The second-order valence-electron chi connectivity index (χ2n) is 4.48. The van der Waals surface area contributed by atoms with Crippen LogP contribution in [-0.2, 0) is 10.0 Å². The van der Waals surface area contributed by atoms with Crippen LogP contribution in [-0.4, -0.2) is 38.4 Å². The van der Waals surface area contributed by atoms with Gasteiger partial charge in [0.15, 0.2) is 0 Å². The van der Waals surface area contributed by atoms with Crippen molar-refractivity contribution in [2.45, 2.75) is 24.8 Å². The first-order valence-electron chi connectivity index (χ1n) is 5.81. The summed E-state index contributed by atoms with van der Waals surface area (Å²) >= 11 is 0. The van der Waals surface area contributed by atoms with Gasteiger partial charge < -0.3 is 5.32 Å². The molecule has 102 valence electrons. The van der Waals surface area contributed by atoms with Gasteiger partial charge in [0.1, 0.15) is 0 Å². The van der Waals surface area contributed by atoms with Gasteiger partial charge in [-0.3, -0.25) is 0 Å². The van der Waals surface area contributed by atoms with Crippen molar-refractivity contribution in [1.82, 2.24) is 9.62 Å². The summed E-state index contributed by atoms with van der Waals surface area (Å²) in [6.45, 7) is 5.85. The van der Waals surface area contributed by atoms with Crippen LogP contribution in [0.5, 0.6) is 0 Å². The molecule has 0 saturated carbocycles. The highest BCUT2D eigenvalue weighted by atomic mass is 35.5. The molecule has 1 aliphatic rings. The molecule has 0 aliphatic carbocycles. The van der Waals surface area contributed by atoms with Gasteiger partial charge in [0.2, 0.25) is 10.0 Å². The molecule has 1 atom stereocenters. The Morgan fingerprint density at radius 2 is 1.89 bits per heavy atom. The Morgan fingerprint density at radius 3 is 2.44 bits per heavy atom. The van der Waals surface area contributed by atoms with Crippen LogP contribution in [0.25, 0.3) is 0 Å². The fourth-order valence-corrected chi connectivity index (χ4v) is 3.66. The monoisotopic (exact) mass is 290 g/mol. The van der Waals surface area contributed by atoms with E-state index < -0.39 is 10.0 Å². The first-order valence-corrected chi connectivity index (χ1v) is 7.25. The normalized spacial score (nSPS) is 21.3. The minimum atomic E-state index is -3.33. The Bertz CT molecular complexity index is 487. The first kappa shape index (κ1) is 15.4. The summed E-state index contributed by atoms with van der Waals surface area (Å²) in [5.74, 6) is 0. The van der Waals surface area contributed by atoms with Crippen LogP contribution in [0.4, 0.5) is 0 Å². The smallest absolute Gasteiger partial charge is 0.243 e. The van der Waals surface area contributed by atoms with Crippen LogP contribution in [0.1, 0.15) is 12.5 Å². The zero-order valence-corrected chi connectivity index (χ0v) is 12.2. The maximum absolute atomic E-state index is 12.4. The molecule has 1 aromatic rings. The van der Waals surface area contributed by atoms with E-state index in [1.54, 1.807) is 16.4 Å². The van der Waals surface area contributed by atoms with E-state index in [0.29, 0.717) is 18.0 Å². The number of halogens is 1. The van der Waals surface area contributed by atoms with E-state index in [2.05, 4.69) is 5.32 Å². The fourth-order valence-electron chi connectivity index (χ4n) is 2.03. The Morgan fingerprint density at radius 1 is 1.28 bits per heavy atom. The van der Waals surface area contributed by atoms with Crippen molar-refractivity contribution in [3.05, 3.63) is 29.8 Å². The van der Waals surface area contributed by atoms with Crippen molar-refractivity contribution in [3.8, 4) is 0 Å². The van der Waals surface area contributed by atoms with E-state index in [1.807, 2.05) is 26.0 Å². The standard InChI is InChI=1S/C12H18N2O2S.ClH/c1-10-3-5-12(6-4-10)17(15,16)14-8-7-13-9-11(14)2;/h3-6,11,13H,7-9H2,1-2H3;1H/t11-;/m1./s1. The maximum atomic E-state index is 12.4. The number of aryl methyl sites for hydroxylation is 1. The summed E-state index contributed by atoms with van der Waals surface area (Å²) in [5, 5.41) is 3.19. The van der Waals surface area contributed by atoms with Crippen LogP contribution in [0.2, 0.25) is 0 Å². The average molecular weight is 291 g/mol. The molecular weight excluding hydrogens is 272 g/mol. The van der Waals surface area contributed by atoms with Crippen LogP contribution in [0.15, 0.2) is 29.2 Å². The number of hydrogen-bond acceptors (Lipinski definition) is 3. The molecule has 0 amide bonds. The van der Waals surface area contributed by atoms with Crippen LogP contribution < -0.4 is 5.32 Å². The quantitative estimate of drug-likeness (QED) is 0.896. The summed E-state index contributed by atoms with van der Waals surface area (Å²) < 4.78 is 26.4. The van der Waals surface area contributed by atoms with Gasteiger partial charge in [0.05, 0.1) is 4.90 Å². The second-order valence-corrected chi connectivity index (χ2v) is 6.37. The summed E-state index contributed by atoms with van der Waals surface area (Å²) in [4.78, 5) is 0.386. The fraction of sp³-hybridized carbons (Fsp3) is 0.500. The lowest BCUT2D eigenvalue weighted by molar-refractivity contribution is 0.284. The SMILES string of the molecule is Cc1ccc(S(=O)(=O)N2CCNC[C@H]2C)cc1.Cl. The van der Waals surface area contributed by atoms with Gasteiger partial charge in [-0.05, 0) is 26.0 Å². The van der Waals surface area contributed by atoms with E-state index in [0.717, 1.165) is 12.1 Å². The van der Waals surface area contributed by atoms with Gasteiger partial charge >= 0.3 is 0 Å². The highest BCUT2D eigenvalue weighted by molar-refractivity contribution is 7.89.